The topological polar surface area (TPSA) is 51.7 Å². The molecule has 1 atom stereocenters. The number of nitrogens with zero attached hydrogens (tertiary/aromatic N) is 2. The van der Waals surface area contributed by atoms with Gasteiger partial charge in [-0.1, -0.05) is 18.2 Å². The molecule has 3 aromatic rings. The summed E-state index contributed by atoms with van der Waals surface area (Å²) >= 11 is 0. The van der Waals surface area contributed by atoms with Gasteiger partial charge in [0.05, 0.1) is 0 Å². The number of anilines is 1. The van der Waals surface area contributed by atoms with E-state index >= 15 is 0 Å². The second kappa shape index (κ2) is 8.89. The zero-order chi connectivity index (χ0) is 21.0. The van der Waals surface area contributed by atoms with Gasteiger partial charge in [-0.3, -0.25) is 4.90 Å². The van der Waals surface area contributed by atoms with Crippen LogP contribution in [-0.2, 0) is 6.54 Å². The molecule has 0 bridgehead atoms. The minimum absolute atomic E-state index is 0.0676. The van der Waals surface area contributed by atoms with Crippen LogP contribution in [0, 0.1) is 0 Å². The quantitative estimate of drug-likeness (QED) is 0.598. The predicted molar refractivity (Wildman–Crippen MR) is 121 cm³/mol. The van der Waals surface area contributed by atoms with Gasteiger partial charge in [0.15, 0.2) is 0 Å². The van der Waals surface area contributed by atoms with Gasteiger partial charge in [0.2, 0.25) is 0 Å². The standard InChI is InChI=1S/C24H33N3O2/c1-24(2,3)27(15-18-9-11-19(12-10-18)26(4)5)16-20(28)17-29-23-8-6-7-22-21(23)13-14-25-22/h6-14,20,25,28H,15-17H2,1-5H3. The normalized spacial score (nSPS) is 13.1. The highest BCUT2D eigenvalue weighted by molar-refractivity contribution is 5.85. The monoisotopic (exact) mass is 395 g/mol. The molecule has 3 rings (SSSR count). The fourth-order valence-corrected chi connectivity index (χ4v) is 3.37. The average Bonchev–Trinajstić information content (AvgIpc) is 3.15. The molecule has 0 fully saturated rings. The zero-order valence-electron chi connectivity index (χ0n) is 18.1. The molecular weight excluding hydrogens is 362 g/mol. The largest absolute Gasteiger partial charge is 0.490 e. The molecule has 5 heteroatoms. The molecule has 29 heavy (non-hydrogen) atoms. The van der Waals surface area contributed by atoms with Crippen molar-refractivity contribution < 1.29 is 9.84 Å². The summed E-state index contributed by atoms with van der Waals surface area (Å²) in [5, 5.41) is 11.7. The number of benzene rings is 2. The van der Waals surface area contributed by atoms with Gasteiger partial charge in [0.25, 0.3) is 0 Å². The molecule has 0 aliphatic carbocycles. The van der Waals surface area contributed by atoms with Gasteiger partial charge in [-0.25, -0.2) is 0 Å². The maximum Gasteiger partial charge on any atom is 0.128 e. The van der Waals surface area contributed by atoms with Crippen LogP contribution in [-0.4, -0.2) is 53.9 Å². The van der Waals surface area contributed by atoms with Crippen molar-refractivity contribution in [2.45, 2.75) is 39.0 Å². The SMILES string of the molecule is CN(C)c1ccc(CN(CC(O)COc2cccc3[nH]ccc23)C(C)(C)C)cc1. The van der Waals surface area contributed by atoms with Crippen LogP contribution in [0.5, 0.6) is 5.75 Å². The molecular formula is C24H33N3O2. The van der Waals surface area contributed by atoms with E-state index in [9.17, 15) is 5.11 Å². The van der Waals surface area contributed by atoms with Crippen LogP contribution in [0.15, 0.2) is 54.7 Å². The molecule has 0 spiro atoms. The van der Waals surface area contributed by atoms with E-state index < -0.39 is 6.10 Å². The van der Waals surface area contributed by atoms with E-state index in [1.165, 1.54) is 11.3 Å². The Morgan fingerprint density at radius 1 is 1.03 bits per heavy atom. The van der Waals surface area contributed by atoms with Crippen molar-refractivity contribution in [1.82, 2.24) is 9.88 Å². The Morgan fingerprint density at radius 3 is 2.41 bits per heavy atom. The molecule has 0 saturated heterocycles. The molecule has 2 N–H and O–H groups in total. The van der Waals surface area contributed by atoms with E-state index in [1.54, 1.807) is 0 Å². The Balaban J connectivity index is 1.62. The molecule has 1 unspecified atom stereocenters. The number of hydrogen-bond acceptors (Lipinski definition) is 4. The lowest BCUT2D eigenvalue weighted by Gasteiger charge is -2.37. The van der Waals surface area contributed by atoms with Gasteiger partial charge in [0.1, 0.15) is 18.5 Å². The zero-order valence-corrected chi connectivity index (χ0v) is 18.1. The Labute approximate surface area is 173 Å². The molecule has 2 aromatic carbocycles. The molecule has 0 amide bonds. The van der Waals surface area contributed by atoms with Gasteiger partial charge in [-0.15, -0.1) is 0 Å². The first kappa shape index (κ1) is 21.2. The summed E-state index contributed by atoms with van der Waals surface area (Å²) in [6, 6.07) is 16.5. The Bertz CT molecular complexity index is 910. The molecule has 5 nitrogen and oxygen atoms in total. The van der Waals surface area contributed by atoms with Gasteiger partial charge >= 0.3 is 0 Å². The molecule has 156 valence electrons. The Hall–Kier alpha value is -2.50. The number of rotatable bonds is 8. The lowest BCUT2D eigenvalue weighted by molar-refractivity contribution is 0.0288. The molecule has 1 heterocycles. The lowest BCUT2D eigenvalue weighted by Crippen LogP contribution is -2.46. The molecule has 1 aromatic heterocycles. The number of ether oxygens (including phenoxy) is 1. The van der Waals surface area contributed by atoms with Crippen LogP contribution in [0.25, 0.3) is 10.9 Å². The van der Waals surface area contributed by atoms with E-state index in [0.29, 0.717) is 6.54 Å². The third-order valence-corrected chi connectivity index (χ3v) is 5.19. The van der Waals surface area contributed by atoms with Crippen molar-refractivity contribution >= 4 is 16.6 Å². The molecule has 0 saturated carbocycles. The summed E-state index contributed by atoms with van der Waals surface area (Å²) in [6.07, 6.45) is 1.32. The number of H-pyrrole nitrogens is 1. The van der Waals surface area contributed by atoms with Crippen molar-refractivity contribution in [3.8, 4) is 5.75 Å². The van der Waals surface area contributed by atoms with E-state index in [1.807, 2.05) is 44.6 Å². The predicted octanol–water partition coefficient (Wildman–Crippen LogP) is 4.27. The number of aliphatic hydroxyl groups is 1. The van der Waals surface area contributed by atoms with E-state index in [4.69, 9.17) is 4.74 Å². The van der Waals surface area contributed by atoms with Gasteiger partial charge in [-0.05, 0) is 56.7 Å². The first-order chi connectivity index (χ1) is 13.7. The number of aliphatic hydroxyl groups excluding tert-OH is 1. The van der Waals surface area contributed by atoms with Crippen LogP contribution in [0.2, 0.25) is 0 Å². The number of hydrogen-bond donors (Lipinski definition) is 2. The smallest absolute Gasteiger partial charge is 0.128 e. The summed E-state index contributed by atoms with van der Waals surface area (Å²) in [4.78, 5) is 7.57. The number of aromatic nitrogens is 1. The summed E-state index contributed by atoms with van der Waals surface area (Å²) in [5.74, 6) is 0.796. The summed E-state index contributed by atoms with van der Waals surface area (Å²) in [5.41, 5.74) is 3.38. The third-order valence-electron chi connectivity index (χ3n) is 5.19. The molecule has 0 radical (unpaired) electrons. The second-order valence-corrected chi connectivity index (χ2v) is 8.77. The van der Waals surface area contributed by atoms with E-state index in [0.717, 1.165) is 23.2 Å². The third kappa shape index (κ3) is 5.52. The maximum atomic E-state index is 10.7. The number of fused-ring (bicyclic) bond motifs is 1. The van der Waals surface area contributed by atoms with E-state index in [2.05, 4.69) is 59.8 Å². The van der Waals surface area contributed by atoms with Crippen molar-refractivity contribution in [1.29, 1.82) is 0 Å². The summed E-state index contributed by atoms with van der Waals surface area (Å²) in [6.45, 7) is 8.11. The second-order valence-electron chi connectivity index (χ2n) is 8.77. The van der Waals surface area contributed by atoms with Crippen molar-refractivity contribution in [3.05, 3.63) is 60.3 Å². The highest BCUT2D eigenvalue weighted by Gasteiger charge is 2.24. The average molecular weight is 396 g/mol. The van der Waals surface area contributed by atoms with E-state index in [-0.39, 0.29) is 12.1 Å². The van der Waals surface area contributed by atoms with Crippen LogP contribution >= 0.6 is 0 Å². The number of aromatic amines is 1. The van der Waals surface area contributed by atoms with Crippen LogP contribution in [0.3, 0.4) is 0 Å². The Kier molecular flexibility index (Phi) is 6.50. The summed E-state index contributed by atoms with van der Waals surface area (Å²) in [7, 11) is 4.08. The first-order valence-electron chi connectivity index (χ1n) is 10.1. The number of β-amino-alcohol motifs (C(OH)–C–C–N with tert-alkyl or cyclic N) is 1. The van der Waals surface area contributed by atoms with Gasteiger partial charge < -0.3 is 19.7 Å². The first-order valence-corrected chi connectivity index (χ1v) is 10.1. The van der Waals surface area contributed by atoms with Crippen molar-refractivity contribution in [2.24, 2.45) is 0 Å². The highest BCUT2D eigenvalue weighted by Crippen LogP contribution is 2.25. The number of nitrogens with one attached hydrogen (secondary N) is 1. The van der Waals surface area contributed by atoms with Crippen molar-refractivity contribution in [2.75, 3.05) is 32.1 Å². The van der Waals surface area contributed by atoms with Gasteiger partial charge in [0, 0.05) is 55.5 Å². The van der Waals surface area contributed by atoms with Crippen LogP contribution < -0.4 is 9.64 Å². The highest BCUT2D eigenvalue weighted by atomic mass is 16.5. The van der Waals surface area contributed by atoms with Crippen LogP contribution in [0.1, 0.15) is 26.3 Å². The van der Waals surface area contributed by atoms with Crippen LogP contribution in [0.4, 0.5) is 5.69 Å². The lowest BCUT2D eigenvalue weighted by atomic mass is 10.0. The fourth-order valence-electron chi connectivity index (χ4n) is 3.37. The fraction of sp³-hybridized carbons (Fsp3) is 0.417. The minimum Gasteiger partial charge on any atom is -0.490 e. The summed E-state index contributed by atoms with van der Waals surface area (Å²) < 4.78 is 5.94. The molecule has 0 aliphatic rings. The molecule has 0 aliphatic heterocycles. The van der Waals surface area contributed by atoms with Crippen molar-refractivity contribution in [3.63, 3.8) is 0 Å². The Morgan fingerprint density at radius 2 is 1.76 bits per heavy atom. The minimum atomic E-state index is -0.579. The maximum absolute atomic E-state index is 10.7. The van der Waals surface area contributed by atoms with Gasteiger partial charge in [-0.2, -0.15) is 0 Å².